The SMILES string of the molecule is CN(C)c1nc(N)nc(CN2CCCSc3ccccc32)n1. The Labute approximate surface area is 134 Å². The zero-order valence-corrected chi connectivity index (χ0v) is 13.7. The molecule has 2 N–H and O–H groups in total. The maximum absolute atomic E-state index is 5.82. The zero-order chi connectivity index (χ0) is 15.5. The Morgan fingerprint density at radius 3 is 2.86 bits per heavy atom. The fourth-order valence-electron chi connectivity index (χ4n) is 2.43. The number of hydrogen-bond donors (Lipinski definition) is 1. The van der Waals surface area contributed by atoms with Gasteiger partial charge >= 0.3 is 0 Å². The number of para-hydroxylation sites is 1. The second kappa shape index (κ2) is 6.39. The summed E-state index contributed by atoms with van der Waals surface area (Å²) in [5, 5.41) is 0. The van der Waals surface area contributed by atoms with Gasteiger partial charge in [-0.05, 0) is 24.3 Å². The Morgan fingerprint density at radius 1 is 1.23 bits per heavy atom. The molecule has 0 bridgehead atoms. The summed E-state index contributed by atoms with van der Waals surface area (Å²) in [5.74, 6) is 2.71. The molecule has 0 atom stereocenters. The lowest BCUT2D eigenvalue weighted by atomic mass is 10.2. The topological polar surface area (TPSA) is 71.2 Å². The number of aromatic nitrogens is 3. The molecule has 1 aromatic heterocycles. The Morgan fingerprint density at radius 2 is 2.05 bits per heavy atom. The van der Waals surface area contributed by atoms with E-state index in [4.69, 9.17) is 5.73 Å². The molecule has 0 spiro atoms. The van der Waals surface area contributed by atoms with Crippen molar-refractivity contribution in [3.05, 3.63) is 30.1 Å². The standard InChI is InChI=1S/C15H20N6S/c1-20(2)15-18-13(17-14(16)19-15)10-21-8-5-9-22-12-7-4-3-6-11(12)21/h3-4,6-7H,5,8-10H2,1-2H3,(H2,16,17,18,19). The van der Waals surface area contributed by atoms with E-state index >= 15 is 0 Å². The van der Waals surface area contributed by atoms with Crippen molar-refractivity contribution >= 4 is 29.3 Å². The molecular formula is C15H20N6S. The predicted octanol–water partition coefficient (Wildman–Crippen LogP) is 2.02. The summed E-state index contributed by atoms with van der Waals surface area (Å²) in [5.41, 5.74) is 7.06. The number of rotatable bonds is 3. The monoisotopic (exact) mass is 316 g/mol. The van der Waals surface area contributed by atoms with Crippen molar-refractivity contribution < 1.29 is 0 Å². The van der Waals surface area contributed by atoms with Gasteiger partial charge in [-0.1, -0.05) is 12.1 Å². The molecule has 0 radical (unpaired) electrons. The van der Waals surface area contributed by atoms with Crippen molar-refractivity contribution in [1.82, 2.24) is 15.0 Å². The van der Waals surface area contributed by atoms with Crippen LogP contribution in [0.4, 0.5) is 17.6 Å². The highest BCUT2D eigenvalue weighted by atomic mass is 32.2. The molecule has 0 amide bonds. The number of nitrogens with two attached hydrogens (primary N) is 1. The number of benzene rings is 1. The van der Waals surface area contributed by atoms with E-state index in [1.165, 1.54) is 10.6 Å². The molecule has 7 heteroatoms. The van der Waals surface area contributed by atoms with Crippen molar-refractivity contribution in [2.75, 3.05) is 41.9 Å². The zero-order valence-electron chi connectivity index (χ0n) is 12.9. The number of nitrogen functional groups attached to an aromatic ring is 1. The molecule has 1 aliphatic rings. The number of fused-ring (bicyclic) bond motifs is 1. The molecule has 1 aromatic carbocycles. The highest BCUT2D eigenvalue weighted by Gasteiger charge is 2.17. The minimum atomic E-state index is 0.270. The summed E-state index contributed by atoms with van der Waals surface area (Å²) in [6.45, 7) is 1.64. The van der Waals surface area contributed by atoms with Gasteiger partial charge in [0.25, 0.3) is 0 Å². The van der Waals surface area contributed by atoms with E-state index in [9.17, 15) is 0 Å². The predicted molar refractivity (Wildman–Crippen MR) is 91.4 cm³/mol. The lowest BCUT2D eigenvalue weighted by Gasteiger charge is -2.24. The summed E-state index contributed by atoms with van der Waals surface area (Å²) in [6.07, 6.45) is 1.14. The van der Waals surface area contributed by atoms with Crippen LogP contribution >= 0.6 is 11.8 Å². The highest BCUT2D eigenvalue weighted by Crippen LogP contribution is 2.34. The van der Waals surface area contributed by atoms with E-state index in [0.717, 1.165) is 18.7 Å². The van der Waals surface area contributed by atoms with Gasteiger partial charge in [-0.2, -0.15) is 15.0 Å². The molecule has 116 valence electrons. The van der Waals surface area contributed by atoms with E-state index in [1.54, 1.807) is 0 Å². The first-order chi connectivity index (χ1) is 10.6. The number of anilines is 3. The first kappa shape index (κ1) is 14.9. The maximum atomic E-state index is 5.82. The van der Waals surface area contributed by atoms with Gasteiger partial charge in [0.1, 0.15) is 0 Å². The van der Waals surface area contributed by atoms with Crippen LogP contribution < -0.4 is 15.5 Å². The molecule has 22 heavy (non-hydrogen) atoms. The summed E-state index contributed by atoms with van der Waals surface area (Å²) in [7, 11) is 3.80. The quantitative estimate of drug-likeness (QED) is 0.929. The van der Waals surface area contributed by atoms with Gasteiger partial charge < -0.3 is 15.5 Å². The lowest BCUT2D eigenvalue weighted by Crippen LogP contribution is -2.26. The van der Waals surface area contributed by atoms with Crippen molar-refractivity contribution in [3.8, 4) is 0 Å². The molecule has 3 rings (SSSR count). The second-order valence-electron chi connectivity index (χ2n) is 5.40. The average molecular weight is 316 g/mol. The average Bonchev–Trinajstić information content (AvgIpc) is 2.69. The molecular weight excluding hydrogens is 296 g/mol. The summed E-state index contributed by atoms with van der Waals surface area (Å²) >= 11 is 1.91. The molecule has 6 nitrogen and oxygen atoms in total. The van der Waals surface area contributed by atoms with Gasteiger partial charge in [-0.15, -0.1) is 11.8 Å². The first-order valence-electron chi connectivity index (χ1n) is 7.28. The van der Waals surface area contributed by atoms with Gasteiger partial charge in [0, 0.05) is 25.5 Å². The molecule has 0 fully saturated rings. The molecule has 0 saturated heterocycles. The van der Waals surface area contributed by atoms with Crippen molar-refractivity contribution in [2.45, 2.75) is 17.9 Å². The fraction of sp³-hybridized carbons (Fsp3) is 0.400. The van der Waals surface area contributed by atoms with Gasteiger partial charge in [0.15, 0.2) is 5.82 Å². The Bertz CT molecular complexity index is 660. The van der Waals surface area contributed by atoms with E-state index in [2.05, 4.69) is 44.1 Å². The van der Waals surface area contributed by atoms with Gasteiger partial charge in [0.2, 0.25) is 11.9 Å². The largest absolute Gasteiger partial charge is 0.368 e. The lowest BCUT2D eigenvalue weighted by molar-refractivity contribution is 0.732. The Balaban J connectivity index is 1.90. The summed E-state index contributed by atoms with van der Waals surface area (Å²) in [4.78, 5) is 18.4. The molecule has 2 heterocycles. The van der Waals surface area contributed by atoms with Crippen LogP contribution in [0.1, 0.15) is 12.2 Å². The van der Waals surface area contributed by atoms with Crippen LogP contribution in [-0.2, 0) is 6.54 Å². The van der Waals surface area contributed by atoms with Crippen LogP contribution in [-0.4, -0.2) is 41.3 Å². The van der Waals surface area contributed by atoms with E-state index in [1.807, 2.05) is 30.8 Å². The number of hydrogen-bond acceptors (Lipinski definition) is 7. The minimum absolute atomic E-state index is 0.270. The third-order valence-electron chi connectivity index (χ3n) is 3.46. The van der Waals surface area contributed by atoms with Crippen LogP contribution in [0.3, 0.4) is 0 Å². The van der Waals surface area contributed by atoms with Crippen LogP contribution in [0.5, 0.6) is 0 Å². The normalized spacial score (nSPS) is 14.4. The minimum Gasteiger partial charge on any atom is -0.368 e. The summed E-state index contributed by atoms with van der Waals surface area (Å²) in [6, 6.07) is 8.49. The van der Waals surface area contributed by atoms with Crippen molar-refractivity contribution in [2.24, 2.45) is 0 Å². The summed E-state index contributed by atoms with van der Waals surface area (Å²) < 4.78 is 0. The molecule has 0 aliphatic carbocycles. The molecule has 0 unspecified atom stereocenters. The van der Waals surface area contributed by atoms with E-state index in [0.29, 0.717) is 18.3 Å². The van der Waals surface area contributed by atoms with Crippen LogP contribution in [0.15, 0.2) is 29.2 Å². The van der Waals surface area contributed by atoms with Crippen molar-refractivity contribution in [3.63, 3.8) is 0 Å². The molecule has 1 aliphatic heterocycles. The van der Waals surface area contributed by atoms with E-state index in [-0.39, 0.29) is 5.95 Å². The van der Waals surface area contributed by atoms with E-state index < -0.39 is 0 Å². The van der Waals surface area contributed by atoms with Crippen LogP contribution in [0, 0.1) is 0 Å². The smallest absolute Gasteiger partial charge is 0.229 e. The molecule has 0 saturated carbocycles. The third-order valence-corrected chi connectivity index (χ3v) is 4.60. The van der Waals surface area contributed by atoms with Crippen LogP contribution in [0.25, 0.3) is 0 Å². The third kappa shape index (κ3) is 3.24. The Hall–Kier alpha value is -2.02. The van der Waals surface area contributed by atoms with Crippen LogP contribution in [0.2, 0.25) is 0 Å². The Kier molecular flexibility index (Phi) is 4.33. The van der Waals surface area contributed by atoms with Crippen molar-refractivity contribution in [1.29, 1.82) is 0 Å². The number of thioether (sulfide) groups is 1. The first-order valence-corrected chi connectivity index (χ1v) is 8.26. The number of nitrogens with zero attached hydrogens (tertiary/aromatic N) is 5. The molecule has 2 aromatic rings. The fourth-order valence-corrected chi connectivity index (χ4v) is 3.44. The maximum Gasteiger partial charge on any atom is 0.229 e. The highest BCUT2D eigenvalue weighted by molar-refractivity contribution is 7.99. The van der Waals surface area contributed by atoms with Gasteiger partial charge in [-0.25, -0.2) is 0 Å². The second-order valence-corrected chi connectivity index (χ2v) is 6.53. The van der Waals surface area contributed by atoms with Gasteiger partial charge in [0.05, 0.1) is 12.2 Å². The van der Waals surface area contributed by atoms with Gasteiger partial charge in [-0.3, -0.25) is 0 Å².